The van der Waals surface area contributed by atoms with Gasteiger partial charge in [-0.05, 0) is 56.1 Å². The Hall–Kier alpha value is -3.12. The summed E-state index contributed by atoms with van der Waals surface area (Å²) in [6.45, 7) is 8.11. The second kappa shape index (κ2) is 10.2. The number of hydrogen-bond acceptors (Lipinski definition) is 3. The molecule has 1 aromatic heterocycles. The number of aromatic nitrogens is 1. The van der Waals surface area contributed by atoms with Crippen LogP contribution >= 0.6 is 0 Å². The smallest absolute Gasteiger partial charge is 0.246 e. The van der Waals surface area contributed by atoms with Gasteiger partial charge >= 0.3 is 0 Å². The number of amides is 2. The molecular weight excluding hydrogens is 436 g/mol. The van der Waals surface area contributed by atoms with Crippen molar-refractivity contribution in [1.82, 2.24) is 19.7 Å². The zero-order chi connectivity index (χ0) is 24.4. The van der Waals surface area contributed by atoms with Crippen LogP contribution in [0.3, 0.4) is 0 Å². The van der Waals surface area contributed by atoms with Crippen LogP contribution in [-0.2, 0) is 22.4 Å². The van der Waals surface area contributed by atoms with Gasteiger partial charge in [0.25, 0.3) is 0 Å². The molecule has 0 spiro atoms. The lowest BCUT2D eigenvalue weighted by molar-refractivity contribution is -0.160. The van der Waals surface area contributed by atoms with E-state index in [1.165, 1.54) is 16.5 Å². The number of fused-ring (bicyclic) bond motifs is 4. The number of benzene rings is 2. The lowest BCUT2D eigenvalue weighted by Gasteiger charge is -2.47. The molecule has 2 atom stereocenters. The van der Waals surface area contributed by atoms with E-state index in [-0.39, 0.29) is 24.4 Å². The molecule has 3 aromatic rings. The molecule has 5 rings (SSSR count). The Labute approximate surface area is 207 Å². The molecule has 1 saturated heterocycles. The standard InChI is InChI=1S/C29H36N4O2/c1-3-31(4-2)17-10-18-32-20-27(34)33-25(16-15-21-11-6-5-7-12-21)28-23(19-26(33)29(32)35)22-13-8-9-14-24(22)30-28/h5-9,11-14,25-26,30H,3-4,10,15-20H2,1-2H3/t25-,26+/m1/s1. The topological polar surface area (TPSA) is 59.6 Å². The van der Waals surface area contributed by atoms with E-state index < -0.39 is 6.04 Å². The first-order valence-electron chi connectivity index (χ1n) is 13.1. The number of nitrogens with one attached hydrogen (secondary N) is 1. The number of nitrogens with zero attached hydrogens (tertiary/aromatic N) is 3. The molecule has 0 saturated carbocycles. The highest BCUT2D eigenvalue weighted by molar-refractivity contribution is 5.97. The summed E-state index contributed by atoms with van der Waals surface area (Å²) in [5, 5.41) is 1.17. The lowest BCUT2D eigenvalue weighted by atomic mass is 9.86. The van der Waals surface area contributed by atoms with Crippen LogP contribution in [0.2, 0.25) is 0 Å². The van der Waals surface area contributed by atoms with Crippen LogP contribution in [0.5, 0.6) is 0 Å². The van der Waals surface area contributed by atoms with Crippen LogP contribution in [0, 0.1) is 0 Å². The maximum Gasteiger partial charge on any atom is 0.246 e. The van der Waals surface area contributed by atoms with Gasteiger partial charge in [-0.1, -0.05) is 62.4 Å². The zero-order valence-electron chi connectivity index (χ0n) is 20.9. The molecule has 2 aliphatic rings. The summed E-state index contributed by atoms with van der Waals surface area (Å²) in [6, 6.07) is 18.2. The number of rotatable bonds is 9. The average molecular weight is 473 g/mol. The number of H-pyrrole nitrogens is 1. The Balaban J connectivity index is 1.42. The summed E-state index contributed by atoms with van der Waals surface area (Å²) in [5.74, 6) is 0.171. The highest BCUT2D eigenvalue weighted by Crippen LogP contribution is 2.41. The van der Waals surface area contributed by atoms with Crippen molar-refractivity contribution < 1.29 is 9.59 Å². The molecule has 6 heteroatoms. The van der Waals surface area contributed by atoms with Gasteiger partial charge in [-0.3, -0.25) is 9.59 Å². The van der Waals surface area contributed by atoms with Gasteiger partial charge in [-0.2, -0.15) is 0 Å². The Morgan fingerprint density at radius 2 is 1.74 bits per heavy atom. The maximum absolute atomic E-state index is 13.7. The number of piperazine rings is 1. The molecule has 35 heavy (non-hydrogen) atoms. The first kappa shape index (κ1) is 23.6. The molecule has 2 amide bonds. The van der Waals surface area contributed by atoms with Crippen molar-refractivity contribution in [3.05, 3.63) is 71.4 Å². The number of aromatic amines is 1. The predicted molar refractivity (Wildman–Crippen MR) is 139 cm³/mol. The van der Waals surface area contributed by atoms with Crippen molar-refractivity contribution in [2.24, 2.45) is 0 Å². The third-order valence-corrected chi connectivity index (χ3v) is 7.81. The van der Waals surface area contributed by atoms with E-state index in [2.05, 4.69) is 66.2 Å². The number of carbonyl (C=O) groups excluding carboxylic acids is 2. The molecule has 0 unspecified atom stereocenters. The van der Waals surface area contributed by atoms with E-state index in [1.807, 2.05) is 17.0 Å². The Kier molecular flexibility index (Phi) is 6.91. The highest BCUT2D eigenvalue weighted by atomic mass is 16.2. The molecular formula is C29H36N4O2. The van der Waals surface area contributed by atoms with Crippen LogP contribution in [-0.4, -0.2) is 70.3 Å². The van der Waals surface area contributed by atoms with Crippen molar-refractivity contribution >= 4 is 22.7 Å². The van der Waals surface area contributed by atoms with Crippen molar-refractivity contribution in [3.8, 4) is 0 Å². The van der Waals surface area contributed by atoms with E-state index in [0.29, 0.717) is 13.0 Å². The largest absolute Gasteiger partial charge is 0.356 e. The monoisotopic (exact) mass is 472 g/mol. The number of aryl methyl sites for hydroxylation is 1. The fraction of sp³-hybridized carbons (Fsp3) is 0.448. The van der Waals surface area contributed by atoms with Crippen molar-refractivity contribution in [3.63, 3.8) is 0 Å². The van der Waals surface area contributed by atoms with Crippen molar-refractivity contribution in [2.75, 3.05) is 32.7 Å². The zero-order valence-corrected chi connectivity index (χ0v) is 20.9. The summed E-state index contributed by atoms with van der Waals surface area (Å²) in [4.78, 5) is 37.0. The first-order chi connectivity index (χ1) is 17.1. The van der Waals surface area contributed by atoms with Crippen LogP contribution in [0.25, 0.3) is 10.9 Å². The van der Waals surface area contributed by atoms with Crippen molar-refractivity contribution in [2.45, 2.75) is 51.6 Å². The summed E-state index contributed by atoms with van der Waals surface area (Å²) >= 11 is 0. The fourth-order valence-electron chi connectivity index (χ4n) is 5.91. The van der Waals surface area contributed by atoms with Gasteiger partial charge < -0.3 is 19.7 Å². The molecule has 0 aliphatic carbocycles. The summed E-state index contributed by atoms with van der Waals surface area (Å²) in [7, 11) is 0. The summed E-state index contributed by atoms with van der Waals surface area (Å²) in [5.41, 5.74) is 4.64. The maximum atomic E-state index is 13.7. The van der Waals surface area contributed by atoms with Crippen LogP contribution in [0.1, 0.15) is 49.6 Å². The lowest BCUT2D eigenvalue weighted by Crippen LogP contribution is -2.63. The van der Waals surface area contributed by atoms with E-state index >= 15 is 0 Å². The fourth-order valence-corrected chi connectivity index (χ4v) is 5.91. The van der Waals surface area contributed by atoms with Gasteiger partial charge in [-0.15, -0.1) is 0 Å². The third-order valence-electron chi connectivity index (χ3n) is 7.81. The number of carbonyl (C=O) groups is 2. The quantitative estimate of drug-likeness (QED) is 0.509. The second-order valence-corrected chi connectivity index (χ2v) is 9.76. The SMILES string of the molecule is CCN(CC)CCCN1CC(=O)N2[C@H](CCc3ccccc3)c3[nH]c4ccccc4c3C[C@H]2C1=O. The van der Waals surface area contributed by atoms with Crippen LogP contribution in [0.15, 0.2) is 54.6 Å². The van der Waals surface area contributed by atoms with E-state index in [4.69, 9.17) is 0 Å². The molecule has 1 N–H and O–H groups in total. The minimum Gasteiger partial charge on any atom is -0.356 e. The minimum atomic E-state index is -0.419. The summed E-state index contributed by atoms with van der Waals surface area (Å²) < 4.78 is 0. The van der Waals surface area contributed by atoms with Crippen LogP contribution in [0.4, 0.5) is 0 Å². The predicted octanol–water partition coefficient (Wildman–Crippen LogP) is 4.17. The highest BCUT2D eigenvalue weighted by Gasteiger charge is 2.47. The van der Waals surface area contributed by atoms with Gasteiger partial charge in [0.15, 0.2) is 0 Å². The van der Waals surface area contributed by atoms with Gasteiger partial charge in [-0.25, -0.2) is 0 Å². The van der Waals surface area contributed by atoms with Gasteiger partial charge in [0.1, 0.15) is 6.04 Å². The number of hydrogen-bond donors (Lipinski definition) is 1. The molecule has 2 aliphatic heterocycles. The Morgan fingerprint density at radius 1 is 1.00 bits per heavy atom. The molecule has 0 radical (unpaired) electrons. The van der Waals surface area contributed by atoms with Gasteiger partial charge in [0, 0.05) is 29.6 Å². The minimum absolute atomic E-state index is 0.0693. The van der Waals surface area contributed by atoms with E-state index in [0.717, 1.165) is 50.1 Å². The average Bonchev–Trinajstić information content (AvgIpc) is 3.26. The Morgan fingerprint density at radius 3 is 2.51 bits per heavy atom. The van der Waals surface area contributed by atoms with Crippen LogP contribution < -0.4 is 0 Å². The van der Waals surface area contributed by atoms with Gasteiger partial charge in [0.2, 0.25) is 11.8 Å². The van der Waals surface area contributed by atoms with Gasteiger partial charge in [0.05, 0.1) is 12.6 Å². The van der Waals surface area contributed by atoms with Crippen molar-refractivity contribution in [1.29, 1.82) is 0 Å². The second-order valence-electron chi connectivity index (χ2n) is 9.76. The molecule has 3 heterocycles. The van der Waals surface area contributed by atoms with E-state index in [9.17, 15) is 9.59 Å². The molecule has 184 valence electrons. The third kappa shape index (κ3) is 4.59. The molecule has 6 nitrogen and oxygen atoms in total. The molecule has 2 aromatic carbocycles. The first-order valence-corrected chi connectivity index (χ1v) is 13.1. The number of para-hydroxylation sites is 1. The Bertz CT molecular complexity index is 1180. The normalized spacial score (nSPS) is 20.0. The van der Waals surface area contributed by atoms with E-state index in [1.54, 1.807) is 4.90 Å². The molecule has 0 bridgehead atoms. The molecule has 1 fully saturated rings. The summed E-state index contributed by atoms with van der Waals surface area (Å²) in [6.07, 6.45) is 3.13.